The first-order chi connectivity index (χ1) is 11.5. The molecule has 6 nitrogen and oxygen atoms in total. The van der Waals surface area contributed by atoms with Crippen LogP contribution in [0.1, 0.15) is 38.3 Å². The number of amides is 2. The fourth-order valence-corrected chi connectivity index (χ4v) is 3.04. The Balaban J connectivity index is 2.00. The van der Waals surface area contributed by atoms with Crippen molar-refractivity contribution in [3.63, 3.8) is 0 Å². The Hall–Kier alpha value is -2.24. The van der Waals surface area contributed by atoms with Crippen LogP contribution in [0.3, 0.4) is 0 Å². The van der Waals surface area contributed by atoms with Crippen LogP contribution in [0.25, 0.3) is 0 Å². The molecule has 0 spiro atoms. The van der Waals surface area contributed by atoms with Crippen LogP contribution in [0, 0.1) is 5.92 Å². The second kappa shape index (κ2) is 8.04. The van der Waals surface area contributed by atoms with Gasteiger partial charge in [0.05, 0.1) is 20.3 Å². The third-order valence-corrected chi connectivity index (χ3v) is 4.57. The van der Waals surface area contributed by atoms with Gasteiger partial charge in [-0.05, 0) is 38.0 Å². The fourth-order valence-electron chi connectivity index (χ4n) is 3.04. The Labute approximate surface area is 143 Å². The normalized spacial score (nSPS) is 16.4. The summed E-state index contributed by atoms with van der Waals surface area (Å²) < 4.78 is 10.6. The minimum Gasteiger partial charge on any atom is -0.497 e. The van der Waals surface area contributed by atoms with Gasteiger partial charge in [0.2, 0.25) is 11.8 Å². The average Bonchev–Trinajstić information content (AvgIpc) is 2.60. The summed E-state index contributed by atoms with van der Waals surface area (Å²) in [7, 11) is 3.22. The molecule has 1 heterocycles. The average molecular weight is 334 g/mol. The molecular formula is C18H26N2O4. The van der Waals surface area contributed by atoms with Crippen LogP contribution in [0.15, 0.2) is 18.2 Å². The van der Waals surface area contributed by atoms with E-state index in [0.29, 0.717) is 25.9 Å². The number of likely N-dealkylation sites (tertiary alicyclic amines) is 1. The molecule has 1 saturated heterocycles. The molecule has 24 heavy (non-hydrogen) atoms. The summed E-state index contributed by atoms with van der Waals surface area (Å²) in [5, 5.41) is 3.06. The molecular weight excluding hydrogens is 308 g/mol. The summed E-state index contributed by atoms with van der Waals surface area (Å²) in [6.45, 7) is 4.78. The van der Waals surface area contributed by atoms with Crippen LogP contribution in [-0.4, -0.2) is 44.0 Å². The number of carbonyl (C=O) groups excluding carboxylic acids is 2. The van der Waals surface area contributed by atoms with Crippen molar-refractivity contribution < 1.29 is 19.1 Å². The van der Waals surface area contributed by atoms with E-state index in [2.05, 4.69) is 5.32 Å². The van der Waals surface area contributed by atoms with Crippen molar-refractivity contribution in [3.8, 4) is 11.5 Å². The fraction of sp³-hybridized carbons (Fsp3) is 0.556. The molecule has 1 aromatic rings. The predicted octanol–water partition coefficient (Wildman–Crippen LogP) is 2.14. The molecule has 2 rings (SSSR count). The molecule has 132 valence electrons. The number of benzene rings is 1. The van der Waals surface area contributed by atoms with Crippen molar-refractivity contribution in [1.29, 1.82) is 0 Å². The SMILES string of the molecule is COc1ccc(OC)c(C(C)NC(=O)C2CCN(C(C)=O)CC2)c1. The topological polar surface area (TPSA) is 67.9 Å². The van der Waals surface area contributed by atoms with E-state index >= 15 is 0 Å². The summed E-state index contributed by atoms with van der Waals surface area (Å²) in [5.41, 5.74) is 0.881. The first-order valence-corrected chi connectivity index (χ1v) is 8.24. The van der Waals surface area contributed by atoms with Gasteiger partial charge in [-0.2, -0.15) is 0 Å². The number of hydrogen-bond acceptors (Lipinski definition) is 4. The van der Waals surface area contributed by atoms with Crippen molar-refractivity contribution in [2.45, 2.75) is 32.7 Å². The van der Waals surface area contributed by atoms with E-state index in [1.54, 1.807) is 26.0 Å². The zero-order valence-corrected chi connectivity index (χ0v) is 14.8. The number of rotatable bonds is 5. The molecule has 1 N–H and O–H groups in total. The Morgan fingerprint density at radius 2 is 1.88 bits per heavy atom. The number of ether oxygens (including phenoxy) is 2. The molecule has 0 bridgehead atoms. The largest absolute Gasteiger partial charge is 0.497 e. The molecule has 1 aliphatic heterocycles. The van der Waals surface area contributed by atoms with Gasteiger partial charge < -0.3 is 19.7 Å². The van der Waals surface area contributed by atoms with Gasteiger partial charge >= 0.3 is 0 Å². The number of hydrogen-bond donors (Lipinski definition) is 1. The molecule has 0 radical (unpaired) electrons. The van der Waals surface area contributed by atoms with Crippen LogP contribution in [0.5, 0.6) is 11.5 Å². The van der Waals surface area contributed by atoms with E-state index in [9.17, 15) is 9.59 Å². The highest BCUT2D eigenvalue weighted by Crippen LogP contribution is 2.29. The maximum atomic E-state index is 12.5. The number of carbonyl (C=O) groups is 2. The predicted molar refractivity (Wildman–Crippen MR) is 91.1 cm³/mol. The number of nitrogens with one attached hydrogen (secondary N) is 1. The number of methoxy groups -OCH3 is 2. The van der Waals surface area contributed by atoms with Gasteiger partial charge in [0, 0.05) is 31.5 Å². The highest BCUT2D eigenvalue weighted by atomic mass is 16.5. The van der Waals surface area contributed by atoms with Crippen LogP contribution in [0.4, 0.5) is 0 Å². The molecule has 6 heteroatoms. The van der Waals surface area contributed by atoms with Gasteiger partial charge in [0.15, 0.2) is 0 Å². The van der Waals surface area contributed by atoms with Crippen LogP contribution in [0.2, 0.25) is 0 Å². The molecule has 2 amide bonds. The summed E-state index contributed by atoms with van der Waals surface area (Å²) >= 11 is 0. The van der Waals surface area contributed by atoms with Gasteiger partial charge in [-0.15, -0.1) is 0 Å². The molecule has 1 aliphatic rings. The van der Waals surface area contributed by atoms with Gasteiger partial charge in [0.25, 0.3) is 0 Å². The molecule has 1 aromatic carbocycles. The van der Waals surface area contributed by atoms with Gasteiger partial charge in [-0.1, -0.05) is 0 Å². The second-order valence-electron chi connectivity index (χ2n) is 6.12. The molecule has 1 atom stereocenters. The van der Waals surface area contributed by atoms with E-state index in [1.807, 2.05) is 25.1 Å². The number of piperidine rings is 1. The first kappa shape index (κ1) is 18.1. The first-order valence-electron chi connectivity index (χ1n) is 8.24. The van der Waals surface area contributed by atoms with E-state index in [4.69, 9.17) is 9.47 Å². The maximum absolute atomic E-state index is 12.5. The lowest BCUT2D eigenvalue weighted by Gasteiger charge is -2.31. The summed E-state index contributed by atoms with van der Waals surface area (Å²) in [4.78, 5) is 25.7. The lowest BCUT2D eigenvalue weighted by atomic mass is 9.95. The zero-order valence-electron chi connectivity index (χ0n) is 14.8. The second-order valence-corrected chi connectivity index (χ2v) is 6.12. The quantitative estimate of drug-likeness (QED) is 0.896. The van der Waals surface area contributed by atoms with Crippen LogP contribution < -0.4 is 14.8 Å². The zero-order chi connectivity index (χ0) is 17.7. The van der Waals surface area contributed by atoms with Crippen molar-refractivity contribution in [2.24, 2.45) is 5.92 Å². The minimum atomic E-state index is -0.187. The summed E-state index contributed by atoms with van der Waals surface area (Å²) in [6.07, 6.45) is 1.40. The molecule has 0 aliphatic carbocycles. The molecule has 0 aromatic heterocycles. The Kier molecular flexibility index (Phi) is 6.06. The third kappa shape index (κ3) is 4.19. The smallest absolute Gasteiger partial charge is 0.223 e. The third-order valence-electron chi connectivity index (χ3n) is 4.57. The van der Waals surface area contributed by atoms with Crippen molar-refractivity contribution in [1.82, 2.24) is 10.2 Å². The van der Waals surface area contributed by atoms with E-state index in [1.165, 1.54) is 0 Å². The number of nitrogens with zero attached hydrogens (tertiary/aromatic N) is 1. The van der Waals surface area contributed by atoms with Crippen LogP contribution in [-0.2, 0) is 9.59 Å². The molecule has 1 fully saturated rings. The molecule has 0 saturated carbocycles. The standard InChI is InChI=1S/C18H26N2O4/c1-12(16-11-15(23-3)5-6-17(16)24-4)19-18(22)14-7-9-20(10-8-14)13(2)21/h5-6,11-12,14H,7-10H2,1-4H3,(H,19,22). The van der Waals surface area contributed by atoms with Crippen molar-refractivity contribution in [2.75, 3.05) is 27.3 Å². The van der Waals surface area contributed by atoms with E-state index < -0.39 is 0 Å². The Morgan fingerprint density at radius 3 is 2.42 bits per heavy atom. The summed E-state index contributed by atoms with van der Waals surface area (Å²) in [6, 6.07) is 5.35. The maximum Gasteiger partial charge on any atom is 0.223 e. The lowest BCUT2D eigenvalue weighted by molar-refractivity contribution is -0.134. The van der Waals surface area contributed by atoms with Gasteiger partial charge in [-0.25, -0.2) is 0 Å². The van der Waals surface area contributed by atoms with Crippen LogP contribution >= 0.6 is 0 Å². The van der Waals surface area contributed by atoms with Crippen molar-refractivity contribution in [3.05, 3.63) is 23.8 Å². The summed E-state index contributed by atoms with van der Waals surface area (Å²) in [5.74, 6) is 1.48. The highest BCUT2D eigenvalue weighted by molar-refractivity contribution is 5.80. The minimum absolute atomic E-state index is 0.0237. The Bertz CT molecular complexity index is 595. The van der Waals surface area contributed by atoms with Gasteiger partial charge in [0.1, 0.15) is 11.5 Å². The van der Waals surface area contributed by atoms with Gasteiger partial charge in [-0.3, -0.25) is 9.59 Å². The Morgan fingerprint density at radius 1 is 1.21 bits per heavy atom. The van der Waals surface area contributed by atoms with E-state index in [-0.39, 0.29) is 23.8 Å². The van der Waals surface area contributed by atoms with E-state index in [0.717, 1.165) is 17.1 Å². The lowest BCUT2D eigenvalue weighted by Crippen LogP contribution is -2.42. The monoisotopic (exact) mass is 334 g/mol. The molecule has 1 unspecified atom stereocenters. The van der Waals surface area contributed by atoms with Crippen molar-refractivity contribution >= 4 is 11.8 Å². The highest BCUT2D eigenvalue weighted by Gasteiger charge is 2.27.